The highest BCUT2D eigenvalue weighted by atomic mass is 19.3. The van der Waals surface area contributed by atoms with Crippen molar-refractivity contribution in [2.24, 2.45) is 0 Å². The second-order valence-corrected chi connectivity index (χ2v) is 5.15. The van der Waals surface area contributed by atoms with Crippen LogP contribution in [0, 0.1) is 0 Å². The highest BCUT2D eigenvalue weighted by molar-refractivity contribution is 5.84. The SMILES string of the molecule is COc1ccc2[nH]cc(CCN3CCC3OC(F)F)c2c1. The average molecular weight is 296 g/mol. The van der Waals surface area contributed by atoms with E-state index in [1.807, 2.05) is 29.3 Å². The van der Waals surface area contributed by atoms with Gasteiger partial charge in [0.25, 0.3) is 0 Å². The molecule has 2 heterocycles. The molecule has 4 nitrogen and oxygen atoms in total. The van der Waals surface area contributed by atoms with E-state index in [-0.39, 0.29) is 0 Å². The number of nitrogens with one attached hydrogen (secondary N) is 1. The fourth-order valence-corrected chi connectivity index (χ4v) is 2.70. The third-order valence-corrected chi connectivity index (χ3v) is 3.97. The molecule has 1 fully saturated rings. The maximum Gasteiger partial charge on any atom is 0.346 e. The van der Waals surface area contributed by atoms with Crippen molar-refractivity contribution in [1.82, 2.24) is 9.88 Å². The van der Waals surface area contributed by atoms with Gasteiger partial charge >= 0.3 is 6.61 Å². The normalized spacial score (nSPS) is 19.1. The number of aromatic amines is 1. The van der Waals surface area contributed by atoms with E-state index in [4.69, 9.17) is 4.74 Å². The van der Waals surface area contributed by atoms with E-state index in [0.717, 1.165) is 35.2 Å². The van der Waals surface area contributed by atoms with Crippen molar-refractivity contribution in [2.45, 2.75) is 25.7 Å². The summed E-state index contributed by atoms with van der Waals surface area (Å²) in [6.07, 6.45) is 2.99. The Morgan fingerprint density at radius 1 is 1.43 bits per heavy atom. The van der Waals surface area contributed by atoms with Crippen LogP contribution < -0.4 is 4.74 Å². The van der Waals surface area contributed by atoms with E-state index in [9.17, 15) is 8.78 Å². The van der Waals surface area contributed by atoms with Gasteiger partial charge in [-0.25, -0.2) is 0 Å². The first-order valence-corrected chi connectivity index (χ1v) is 6.99. The maximum atomic E-state index is 12.2. The van der Waals surface area contributed by atoms with E-state index in [1.165, 1.54) is 0 Å². The molecule has 1 aromatic heterocycles. The fraction of sp³-hybridized carbons (Fsp3) is 0.467. The molecule has 1 saturated heterocycles. The molecule has 0 aliphatic carbocycles. The third kappa shape index (κ3) is 3.01. The highest BCUT2D eigenvalue weighted by Crippen LogP contribution is 2.26. The van der Waals surface area contributed by atoms with Crippen molar-refractivity contribution in [2.75, 3.05) is 20.2 Å². The number of ether oxygens (including phenoxy) is 2. The quantitative estimate of drug-likeness (QED) is 0.890. The van der Waals surface area contributed by atoms with Crippen LogP contribution in [0.2, 0.25) is 0 Å². The van der Waals surface area contributed by atoms with E-state index in [0.29, 0.717) is 13.0 Å². The third-order valence-electron chi connectivity index (χ3n) is 3.97. The van der Waals surface area contributed by atoms with Crippen molar-refractivity contribution in [3.8, 4) is 5.75 Å². The highest BCUT2D eigenvalue weighted by Gasteiger charge is 2.30. The predicted octanol–water partition coefficient (Wildman–Crippen LogP) is 2.99. The lowest BCUT2D eigenvalue weighted by atomic mass is 10.1. The van der Waals surface area contributed by atoms with Crippen LogP contribution in [0.25, 0.3) is 10.9 Å². The molecule has 0 spiro atoms. The number of rotatable bonds is 6. The van der Waals surface area contributed by atoms with Gasteiger partial charge in [0.2, 0.25) is 0 Å². The molecule has 3 rings (SSSR count). The Labute approximate surface area is 121 Å². The molecule has 1 atom stereocenters. The van der Waals surface area contributed by atoms with Crippen molar-refractivity contribution in [3.63, 3.8) is 0 Å². The van der Waals surface area contributed by atoms with Crippen molar-refractivity contribution >= 4 is 10.9 Å². The van der Waals surface area contributed by atoms with Crippen molar-refractivity contribution < 1.29 is 18.3 Å². The van der Waals surface area contributed by atoms with Crippen LogP contribution in [0.15, 0.2) is 24.4 Å². The lowest BCUT2D eigenvalue weighted by Crippen LogP contribution is -2.50. The first-order chi connectivity index (χ1) is 10.2. The van der Waals surface area contributed by atoms with Gasteiger partial charge in [0.15, 0.2) is 0 Å². The van der Waals surface area contributed by atoms with Crippen LogP contribution in [0.4, 0.5) is 8.78 Å². The molecule has 0 radical (unpaired) electrons. The van der Waals surface area contributed by atoms with Crippen LogP contribution in [0.3, 0.4) is 0 Å². The Balaban J connectivity index is 1.65. The van der Waals surface area contributed by atoms with Gasteiger partial charge in [-0.15, -0.1) is 0 Å². The molecular weight excluding hydrogens is 278 g/mol. The number of halogens is 2. The van der Waals surface area contributed by atoms with Crippen LogP contribution in [-0.2, 0) is 11.2 Å². The van der Waals surface area contributed by atoms with Gasteiger partial charge in [-0.1, -0.05) is 0 Å². The predicted molar refractivity (Wildman–Crippen MR) is 75.6 cm³/mol. The smallest absolute Gasteiger partial charge is 0.346 e. The molecule has 1 aliphatic rings. The molecular formula is C15H18F2N2O2. The Hall–Kier alpha value is -1.66. The first kappa shape index (κ1) is 14.3. The Bertz CT molecular complexity index is 615. The number of likely N-dealkylation sites (tertiary alicyclic amines) is 1. The summed E-state index contributed by atoms with van der Waals surface area (Å²) in [7, 11) is 1.64. The number of H-pyrrole nitrogens is 1. The van der Waals surface area contributed by atoms with Crippen molar-refractivity contribution in [3.05, 3.63) is 30.0 Å². The van der Waals surface area contributed by atoms with E-state index in [2.05, 4.69) is 9.72 Å². The van der Waals surface area contributed by atoms with Gasteiger partial charge in [-0.3, -0.25) is 4.90 Å². The van der Waals surface area contributed by atoms with Crippen LogP contribution in [0.5, 0.6) is 5.75 Å². The van der Waals surface area contributed by atoms with Gasteiger partial charge in [0.05, 0.1) is 7.11 Å². The number of alkyl halides is 2. The summed E-state index contributed by atoms with van der Waals surface area (Å²) < 4.78 is 34.2. The lowest BCUT2D eigenvalue weighted by Gasteiger charge is -2.40. The Kier molecular flexibility index (Phi) is 4.07. The number of nitrogens with zero attached hydrogens (tertiary/aromatic N) is 1. The summed E-state index contributed by atoms with van der Waals surface area (Å²) in [6, 6.07) is 5.87. The number of fused-ring (bicyclic) bond motifs is 1. The minimum atomic E-state index is -2.70. The summed E-state index contributed by atoms with van der Waals surface area (Å²) in [5, 5.41) is 1.11. The topological polar surface area (TPSA) is 37.5 Å². The number of hydrogen-bond donors (Lipinski definition) is 1. The van der Waals surface area contributed by atoms with E-state index >= 15 is 0 Å². The summed E-state index contributed by atoms with van der Waals surface area (Å²) in [4.78, 5) is 5.15. The summed E-state index contributed by atoms with van der Waals surface area (Å²) in [5.41, 5.74) is 2.21. The second kappa shape index (κ2) is 5.99. The minimum Gasteiger partial charge on any atom is -0.497 e. The molecule has 2 aromatic rings. The van der Waals surface area contributed by atoms with Crippen LogP contribution in [0.1, 0.15) is 12.0 Å². The summed E-state index contributed by atoms with van der Waals surface area (Å²) in [6.45, 7) is -1.18. The minimum absolute atomic E-state index is 0.440. The molecule has 1 unspecified atom stereocenters. The van der Waals surface area contributed by atoms with E-state index < -0.39 is 12.8 Å². The Morgan fingerprint density at radius 2 is 2.29 bits per heavy atom. The number of aromatic nitrogens is 1. The standard InChI is InChI=1S/C15H18F2N2O2/c1-20-11-2-3-13-12(8-11)10(9-18-13)4-6-19-7-5-14(19)21-15(16)17/h2-3,8-9,14-15,18H,4-7H2,1H3. The van der Waals surface area contributed by atoms with E-state index in [1.54, 1.807) is 7.11 Å². The number of methoxy groups -OCH3 is 1. The molecule has 0 amide bonds. The number of hydrogen-bond acceptors (Lipinski definition) is 3. The molecule has 6 heteroatoms. The van der Waals surface area contributed by atoms with Gasteiger partial charge in [0.1, 0.15) is 12.0 Å². The zero-order chi connectivity index (χ0) is 14.8. The lowest BCUT2D eigenvalue weighted by molar-refractivity contribution is -0.234. The zero-order valence-corrected chi connectivity index (χ0v) is 11.8. The second-order valence-electron chi connectivity index (χ2n) is 5.15. The molecule has 0 bridgehead atoms. The van der Waals surface area contributed by atoms with Gasteiger partial charge in [-0.05, 0) is 30.2 Å². The largest absolute Gasteiger partial charge is 0.497 e. The van der Waals surface area contributed by atoms with Gasteiger partial charge < -0.3 is 14.5 Å². The van der Waals surface area contributed by atoms with Gasteiger partial charge in [-0.2, -0.15) is 8.78 Å². The molecule has 0 saturated carbocycles. The first-order valence-electron chi connectivity index (χ1n) is 6.99. The Morgan fingerprint density at radius 3 is 2.95 bits per heavy atom. The average Bonchev–Trinajstić information content (AvgIpc) is 2.86. The van der Waals surface area contributed by atoms with Crippen LogP contribution >= 0.6 is 0 Å². The summed E-state index contributed by atoms with van der Waals surface area (Å²) >= 11 is 0. The molecule has 21 heavy (non-hydrogen) atoms. The maximum absolute atomic E-state index is 12.2. The van der Waals surface area contributed by atoms with Crippen LogP contribution in [-0.4, -0.2) is 42.9 Å². The van der Waals surface area contributed by atoms with Crippen molar-refractivity contribution in [1.29, 1.82) is 0 Å². The number of benzene rings is 1. The summed E-state index contributed by atoms with van der Waals surface area (Å²) in [5.74, 6) is 0.811. The molecule has 114 valence electrons. The molecule has 1 N–H and O–H groups in total. The zero-order valence-electron chi connectivity index (χ0n) is 11.8. The monoisotopic (exact) mass is 296 g/mol. The molecule has 1 aliphatic heterocycles. The van der Waals surface area contributed by atoms with Gasteiger partial charge in [0, 0.05) is 36.6 Å². The fourth-order valence-electron chi connectivity index (χ4n) is 2.70. The molecule has 1 aromatic carbocycles.